The molecule has 3 heterocycles. The quantitative estimate of drug-likeness (QED) is 0.300. The topological polar surface area (TPSA) is 34.1 Å². The van der Waals surface area contributed by atoms with E-state index >= 15 is 0 Å². The van der Waals surface area contributed by atoms with Gasteiger partial charge in [0.25, 0.3) is 0 Å². The fourth-order valence-electron chi connectivity index (χ4n) is 5.24. The van der Waals surface area contributed by atoms with Gasteiger partial charge in [-0.1, -0.05) is 53.7 Å². The summed E-state index contributed by atoms with van der Waals surface area (Å²) in [5, 5.41) is 4.21. The summed E-state index contributed by atoms with van der Waals surface area (Å²) in [6.07, 6.45) is 8.28. The normalized spacial score (nSPS) is 16.4. The number of ketones is 2. The second-order valence-electron chi connectivity index (χ2n) is 12.7. The summed E-state index contributed by atoms with van der Waals surface area (Å²) < 4.78 is 0. The summed E-state index contributed by atoms with van der Waals surface area (Å²) in [4.78, 5) is 30.9. The minimum atomic E-state index is -0.280. The van der Waals surface area contributed by atoms with Gasteiger partial charge in [0, 0.05) is 41.8 Å². The van der Waals surface area contributed by atoms with Crippen molar-refractivity contribution in [3.8, 4) is 0 Å². The summed E-state index contributed by atoms with van der Waals surface area (Å²) in [6, 6.07) is 12.9. The molecule has 0 fully saturated rings. The van der Waals surface area contributed by atoms with E-state index in [1.165, 1.54) is 9.75 Å². The third-order valence-corrected chi connectivity index (χ3v) is 10.3. The summed E-state index contributed by atoms with van der Waals surface area (Å²) in [5.74, 6) is 0.248. The highest BCUT2D eigenvalue weighted by molar-refractivity contribution is 7.16. The highest BCUT2D eigenvalue weighted by Crippen LogP contribution is 2.45. The van der Waals surface area contributed by atoms with Gasteiger partial charge in [0.2, 0.25) is 0 Å². The van der Waals surface area contributed by atoms with Crippen LogP contribution >= 0.6 is 34.0 Å². The molecule has 2 aliphatic carbocycles. The van der Waals surface area contributed by atoms with Crippen LogP contribution in [-0.2, 0) is 9.59 Å². The van der Waals surface area contributed by atoms with E-state index in [-0.39, 0.29) is 22.4 Å². The van der Waals surface area contributed by atoms with E-state index in [0.717, 1.165) is 54.3 Å². The molecule has 0 N–H and O–H groups in total. The molecule has 0 radical (unpaired) electrons. The van der Waals surface area contributed by atoms with Gasteiger partial charge in [-0.15, -0.1) is 34.0 Å². The smallest absolute Gasteiger partial charge is 0.186 e. The Labute approximate surface area is 255 Å². The van der Waals surface area contributed by atoms with Crippen LogP contribution in [0.25, 0.3) is 11.1 Å². The first kappa shape index (κ1) is 29.4. The van der Waals surface area contributed by atoms with Crippen LogP contribution in [0.5, 0.6) is 0 Å². The lowest BCUT2D eigenvalue weighted by molar-refractivity contribution is -0.114. The monoisotopic (exact) mass is 596 g/mol. The molecule has 41 heavy (non-hydrogen) atoms. The van der Waals surface area contributed by atoms with Crippen LogP contribution in [0.15, 0.2) is 105 Å². The minimum absolute atomic E-state index is 0.102. The maximum atomic E-state index is 13.7. The van der Waals surface area contributed by atoms with Gasteiger partial charge in [0.1, 0.15) is 0 Å². The molecule has 2 aliphatic rings. The zero-order chi connectivity index (χ0) is 29.7. The van der Waals surface area contributed by atoms with E-state index < -0.39 is 0 Å². The molecule has 0 spiro atoms. The molecule has 0 bridgehead atoms. The number of allylic oxidation sites excluding steroid dienone is 10. The Kier molecular flexibility index (Phi) is 7.84. The second-order valence-corrected chi connectivity index (χ2v) is 15.7. The van der Waals surface area contributed by atoms with E-state index in [2.05, 4.69) is 101 Å². The van der Waals surface area contributed by atoms with Gasteiger partial charge in [-0.2, -0.15) is 0 Å². The number of thiophene rings is 3. The van der Waals surface area contributed by atoms with E-state index in [9.17, 15) is 9.59 Å². The number of Topliss-reactive ketones (excluding diaryl/α,β-unsaturated/α-hetero) is 2. The predicted octanol–water partition coefficient (Wildman–Crippen LogP) is 10.5. The first-order valence-electron chi connectivity index (χ1n) is 13.8. The van der Waals surface area contributed by atoms with Gasteiger partial charge in [0.15, 0.2) is 11.6 Å². The Hall–Kier alpha value is -3.12. The molecular formula is C36H36O2S3. The first-order valence-corrected chi connectivity index (χ1v) is 16.4. The lowest BCUT2D eigenvalue weighted by atomic mass is 9.71. The lowest BCUT2D eigenvalue weighted by Crippen LogP contribution is -2.28. The van der Waals surface area contributed by atoms with Crippen molar-refractivity contribution in [2.75, 3.05) is 0 Å². The van der Waals surface area contributed by atoms with Gasteiger partial charge >= 0.3 is 0 Å². The fourth-order valence-corrected chi connectivity index (χ4v) is 8.15. The van der Waals surface area contributed by atoms with E-state index in [4.69, 9.17) is 0 Å². The van der Waals surface area contributed by atoms with Crippen LogP contribution in [0.1, 0.15) is 74.9 Å². The van der Waals surface area contributed by atoms with E-state index in [1.54, 1.807) is 34.0 Å². The van der Waals surface area contributed by atoms with Crippen LogP contribution in [-0.4, -0.2) is 11.6 Å². The first-order chi connectivity index (χ1) is 19.3. The van der Waals surface area contributed by atoms with Crippen molar-refractivity contribution in [2.24, 2.45) is 10.8 Å². The third-order valence-electron chi connectivity index (χ3n) is 7.38. The maximum absolute atomic E-state index is 13.7. The van der Waals surface area contributed by atoms with Gasteiger partial charge < -0.3 is 0 Å². The van der Waals surface area contributed by atoms with Crippen LogP contribution < -0.4 is 0 Å². The predicted molar refractivity (Wildman–Crippen MR) is 178 cm³/mol. The molecule has 5 heteroatoms. The van der Waals surface area contributed by atoms with Gasteiger partial charge in [0.05, 0.1) is 0 Å². The number of hydrogen-bond donors (Lipinski definition) is 0. The Morgan fingerprint density at radius 2 is 0.976 bits per heavy atom. The molecular weight excluding hydrogens is 561 g/mol. The van der Waals surface area contributed by atoms with Crippen molar-refractivity contribution in [1.82, 2.24) is 0 Å². The Bertz CT molecular complexity index is 1650. The highest BCUT2D eigenvalue weighted by Gasteiger charge is 2.35. The van der Waals surface area contributed by atoms with E-state index in [0.29, 0.717) is 0 Å². The number of rotatable bonds is 4. The van der Waals surface area contributed by atoms with Crippen molar-refractivity contribution >= 4 is 56.7 Å². The Morgan fingerprint density at radius 3 is 1.34 bits per heavy atom. The minimum Gasteiger partial charge on any atom is -0.289 e. The third kappa shape index (κ3) is 5.81. The SMILES string of the molecule is CC1=CC(=C(c2cccs2)c2ccc(C(=C3C=C(C(C)(C)C)C(=O)C(C(C)(C)C)=C3)c3cccs3)s2)C=C(C)C1=O. The molecule has 210 valence electrons. The van der Waals surface area contributed by atoms with Gasteiger partial charge in [-0.25, -0.2) is 0 Å². The molecule has 0 aliphatic heterocycles. The Balaban J connectivity index is 1.77. The molecule has 3 aromatic heterocycles. The summed E-state index contributed by atoms with van der Waals surface area (Å²) in [7, 11) is 0. The van der Waals surface area contributed by atoms with Crippen LogP contribution in [0.2, 0.25) is 0 Å². The number of carbonyl (C=O) groups is 2. The maximum Gasteiger partial charge on any atom is 0.186 e. The zero-order valence-electron chi connectivity index (χ0n) is 25.0. The number of carbonyl (C=O) groups excluding carboxylic acids is 2. The molecule has 0 unspecified atom stereocenters. The molecule has 2 nitrogen and oxygen atoms in total. The molecule has 3 aromatic rings. The summed E-state index contributed by atoms with van der Waals surface area (Å²) >= 11 is 5.20. The lowest BCUT2D eigenvalue weighted by Gasteiger charge is -2.32. The fraction of sp³-hybridized carbons (Fsp3) is 0.278. The van der Waals surface area contributed by atoms with Crippen LogP contribution in [0.3, 0.4) is 0 Å². The van der Waals surface area contributed by atoms with E-state index in [1.807, 2.05) is 26.0 Å². The molecule has 0 amide bonds. The largest absolute Gasteiger partial charge is 0.289 e. The molecule has 0 saturated carbocycles. The molecule has 0 aromatic carbocycles. The van der Waals surface area contributed by atoms with Gasteiger partial charge in [-0.3, -0.25) is 9.59 Å². The Morgan fingerprint density at radius 1 is 0.561 bits per heavy atom. The number of hydrogen-bond acceptors (Lipinski definition) is 5. The van der Waals surface area contributed by atoms with Crippen molar-refractivity contribution in [3.63, 3.8) is 0 Å². The standard InChI is InChI=1S/C36H36O2S3/c1-21-17-23(18-22(2)33(21)37)31(27-11-9-15-39-27)29-13-14-30(41-29)32(28-12-10-16-40-28)24-19-25(35(3,4)5)34(38)26(20-24)36(6,7)8/h9-20H,1-8H3. The summed E-state index contributed by atoms with van der Waals surface area (Å²) in [6.45, 7) is 16.5. The van der Waals surface area contributed by atoms with Crippen molar-refractivity contribution in [1.29, 1.82) is 0 Å². The van der Waals surface area contributed by atoms with Crippen LogP contribution in [0, 0.1) is 10.8 Å². The highest BCUT2D eigenvalue weighted by atomic mass is 32.1. The average molecular weight is 597 g/mol. The average Bonchev–Trinajstić information content (AvgIpc) is 3.67. The zero-order valence-corrected chi connectivity index (χ0v) is 27.4. The summed E-state index contributed by atoms with van der Waals surface area (Å²) in [5.41, 5.74) is 7.10. The molecule has 0 atom stereocenters. The van der Waals surface area contributed by atoms with Crippen molar-refractivity contribution < 1.29 is 9.59 Å². The molecule has 0 saturated heterocycles. The molecule has 5 rings (SSSR count). The van der Waals surface area contributed by atoms with Gasteiger partial charge in [-0.05, 0) is 106 Å². The van der Waals surface area contributed by atoms with Crippen molar-refractivity contribution in [2.45, 2.75) is 55.4 Å². The van der Waals surface area contributed by atoms with Crippen LogP contribution in [0.4, 0.5) is 0 Å². The second kappa shape index (κ2) is 10.9. The van der Waals surface area contributed by atoms with Crippen molar-refractivity contribution in [3.05, 3.63) is 124 Å².